The smallest absolute Gasteiger partial charge is 0.148 e. The largest absolute Gasteiger partial charge is 0.390 e. The summed E-state index contributed by atoms with van der Waals surface area (Å²) in [5.41, 5.74) is 7.33. The molecule has 108 valence electrons. The van der Waals surface area contributed by atoms with Crippen molar-refractivity contribution in [2.24, 2.45) is 0 Å². The Morgan fingerprint density at radius 1 is 1.40 bits per heavy atom. The molecule has 1 aliphatic rings. The van der Waals surface area contributed by atoms with Crippen LogP contribution in [0.25, 0.3) is 11.3 Å². The van der Waals surface area contributed by atoms with E-state index in [1.807, 2.05) is 19.2 Å². The van der Waals surface area contributed by atoms with E-state index in [0.29, 0.717) is 5.82 Å². The number of nitrogen functional groups attached to an aromatic ring is 1. The summed E-state index contributed by atoms with van der Waals surface area (Å²) in [4.78, 5) is 6.79. The summed E-state index contributed by atoms with van der Waals surface area (Å²) in [6.07, 6.45) is 1.53. The number of aryl methyl sites for hydroxylation is 1. The molecule has 0 aliphatic carbocycles. The van der Waals surface area contributed by atoms with Gasteiger partial charge in [-0.05, 0) is 38.2 Å². The van der Waals surface area contributed by atoms with Crippen LogP contribution in [0.15, 0.2) is 5.38 Å². The Morgan fingerprint density at radius 2 is 2.10 bits per heavy atom. The average molecular weight is 310 g/mol. The van der Waals surface area contributed by atoms with Gasteiger partial charge in [0.25, 0.3) is 0 Å². The van der Waals surface area contributed by atoms with Crippen LogP contribution in [-0.2, 0) is 0 Å². The van der Waals surface area contributed by atoms with Gasteiger partial charge in [0.2, 0.25) is 0 Å². The molecular formula is C13H18N4OS2. The number of aliphatic hydroxyl groups is 1. The van der Waals surface area contributed by atoms with Crippen molar-refractivity contribution in [3.05, 3.63) is 10.4 Å². The zero-order valence-electron chi connectivity index (χ0n) is 11.6. The molecule has 1 aliphatic heterocycles. The summed E-state index contributed by atoms with van der Waals surface area (Å²) in [5.74, 6) is 0.549. The number of aromatic nitrogens is 2. The number of hydrogen-bond acceptors (Lipinski definition) is 7. The summed E-state index contributed by atoms with van der Waals surface area (Å²) in [6.45, 7) is 5.54. The first-order chi connectivity index (χ1) is 9.46. The molecule has 3 rings (SSSR count). The first-order valence-corrected chi connectivity index (χ1v) is 8.26. The van der Waals surface area contributed by atoms with E-state index in [-0.39, 0.29) is 0 Å². The average Bonchev–Trinajstić information content (AvgIpc) is 2.96. The van der Waals surface area contributed by atoms with Crippen molar-refractivity contribution in [2.45, 2.75) is 32.3 Å². The van der Waals surface area contributed by atoms with E-state index in [9.17, 15) is 5.11 Å². The van der Waals surface area contributed by atoms with E-state index in [1.54, 1.807) is 11.3 Å². The van der Waals surface area contributed by atoms with E-state index in [2.05, 4.69) is 14.3 Å². The second-order valence-corrected chi connectivity index (χ2v) is 7.30. The monoisotopic (exact) mass is 310 g/mol. The molecule has 0 radical (unpaired) electrons. The topological polar surface area (TPSA) is 75.3 Å². The van der Waals surface area contributed by atoms with Crippen LogP contribution in [0.2, 0.25) is 0 Å². The van der Waals surface area contributed by atoms with Crippen molar-refractivity contribution in [1.82, 2.24) is 9.36 Å². The predicted molar refractivity (Wildman–Crippen MR) is 84.4 cm³/mol. The van der Waals surface area contributed by atoms with Crippen LogP contribution in [0.3, 0.4) is 0 Å². The van der Waals surface area contributed by atoms with Gasteiger partial charge in [0.15, 0.2) is 0 Å². The lowest BCUT2D eigenvalue weighted by atomic mass is 9.94. The molecule has 0 bridgehead atoms. The third kappa shape index (κ3) is 2.53. The summed E-state index contributed by atoms with van der Waals surface area (Å²) in [5, 5.41) is 14.2. The standard InChI is InChI=1S/C13H18N4OS2/c1-8-15-9(7-19-8)10-11(14)16-20-12(10)17-5-3-13(2,18)4-6-17/h7,18H,3-6H2,1-2H3,(H2,14,16). The number of nitrogens with zero attached hydrogens (tertiary/aromatic N) is 3. The van der Waals surface area contributed by atoms with Crippen LogP contribution in [0.4, 0.5) is 10.8 Å². The van der Waals surface area contributed by atoms with Crippen LogP contribution in [0.5, 0.6) is 0 Å². The highest BCUT2D eigenvalue weighted by Gasteiger charge is 2.30. The van der Waals surface area contributed by atoms with Gasteiger partial charge in [-0.2, -0.15) is 4.37 Å². The Labute approximate surface area is 126 Å². The second-order valence-electron chi connectivity index (χ2n) is 5.48. The zero-order chi connectivity index (χ0) is 14.3. The second kappa shape index (κ2) is 4.98. The molecule has 0 atom stereocenters. The van der Waals surface area contributed by atoms with Crippen molar-refractivity contribution in [2.75, 3.05) is 23.7 Å². The lowest BCUT2D eigenvalue weighted by Crippen LogP contribution is -2.42. The Hall–Kier alpha value is -1.18. The third-order valence-electron chi connectivity index (χ3n) is 3.70. The van der Waals surface area contributed by atoms with Gasteiger partial charge in [0.1, 0.15) is 10.8 Å². The Morgan fingerprint density at radius 3 is 2.70 bits per heavy atom. The van der Waals surface area contributed by atoms with Gasteiger partial charge in [-0.25, -0.2) is 4.98 Å². The highest BCUT2D eigenvalue weighted by molar-refractivity contribution is 7.11. The minimum atomic E-state index is -0.551. The fourth-order valence-corrected chi connectivity index (χ4v) is 3.90. The molecular weight excluding hydrogens is 292 g/mol. The molecule has 0 amide bonds. The fourth-order valence-electron chi connectivity index (χ4n) is 2.42. The van der Waals surface area contributed by atoms with Crippen molar-refractivity contribution >= 4 is 33.7 Å². The van der Waals surface area contributed by atoms with Crippen LogP contribution in [-0.4, -0.2) is 33.2 Å². The molecule has 20 heavy (non-hydrogen) atoms. The minimum Gasteiger partial charge on any atom is -0.390 e. The maximum atomic E-state index is 10.1. The summed E-state index contributed by atoms with van der Waals surface area (Å²) < 4.78 is 4.29. The fraction of sp³-hybridized carbons (Fsp3) is 0.538. The van der Waals surface area contributed by atoms with Gasteiger partial charge < -0.3 is 15.7 Å². The van der Waals surface area contributed by atoms with Crippen LogP contribution >= 0.6 is 22.9 Å². The Balaban J connectivity index is 1.92. The molecule has 0 spiro atoms. The maximum absolute atomic E-state index is 10.1. The van der Waals surface area contributed by atoms with Crippen molar-refractivity contribution in [3.8, 4) is 11.3 Å². The van der Waals surface area contributed by atoms with Gasteiger partial charge in [-0.1, -0.05) is 0 Å². The van der Waals surface area contributed by atoms with E-state index in [4.69, 9.17) is 5.73 Å². The highest BCUT2D eigenvalue weighted by atomic mass is 32.1. The maximum Gasteiger partial charge on any atom is 0.148 e. The molecule has 5 nitrogen and oxygen atoms in total. The lowest BCUT2D eigenvalue weighted by Gasteiger charge is -2.36. The van der Waals surface area contributed by atoms with Gasteiger partial charge in [0, 0.05) is 18.5 Å². The Kier molecular flexibility index (Phi) is 3.43. The highest BCUT2D eigenvalue weighted by Crippen LogP contribution is 2.41. The molecule has 2 aromatic heterocycles. The van der Waals surface area contributed by atoms with Gasteiger partial charge in [-0.3, -0.25) is 0 Å². The first kappa shape index (κ1) is 13.8. The normalized spacial score (nSPS) is 18.4. The summed E-state index contributed by atoms with van der Waals surface area (Å²) >= 11 is 3.04. The van der Waals surface area contributed by atoms with E-state index >= 15 is 0 Å². The summed E-state index contributed by atoms with van der Waals surface area (Å²) in [6, 6.07) is 0. The minimum absolute atomic E-state index is 0.549. The van der Waals surface area contributed by atoms with Gasteiger partial charge in [0.05, 0.1) is 21.9 Å². The van der Waals surface area contributed by atoms with Crippen molar-refractivity contribution < 1.29 is 5.11 Å². The molecule has 3 heterocycles. The van der Waals surface area contributed by atoms with Crippen molar-refractivity contribution in [3.63, 3.8) is 0 Å². The number of rotatable bonds is 2. The number of piperidine rings is 1. The van der Waals surface area contributed by atoms with Gasteiger partial charge >= 0.3 is 0 Å². The predicted octanol–water partition coefficient (Wildman–Crippen LogP) is 2.51. The molecule has 3 N–H and O–H groups in total. The third-order valence-corrected chi connectivity index (χ3v) is 5.40. The van der Waals surface area contributed by atoms with Gasteiger partial charge in [-0.15, -0.1) is 11.3 Å². The molecule has 0 aromatic carbocycles. The Bertz CT molecular complexity index is 610. The number of nitrogens with two attached hydrogens (primary N) is 1. The quantitative estimate of drug-likeness (QED) is 0.891. The first-order valence-electron chi connectivity index (χ1n) is 6.61. The van der Waals surface area contributed by atoms with Crippen LogP contribution in [0, 0.1) is 6.92 Å². The molecule has 1 fully saturated rings. The molecule has 0 unspecified atom stereocenters. The SMILES string of the molecule is Cc1nc(-c2c(N)nsc2N2CCC(C)(O)CC2)cs1. The zero-order valence-corrected chi connectivity index (χ0v) is 13.2. The van der Waals surface area contributed by atoms with Crippen molar-refractivity contribution in [1.29, 1.82) is 0 Å². The molecule has 2 aromatic rings. The number of anilines is 2. The van der Waals surface area contributed by atoms with E-state index in [1.165, 1.54) is 11.5 Å². The molecule has 7 heteroatoms. The van der Waals surface area contributed by atoms with E-state index in [0.717, 1.165) is 47.2 Å². The lowest BCUT2D eigenvalue weighted by molar-refractivity contribution is 0.0352. The number of hydrogen-bond donors (Lipinski definition) is 2. The van der Waals surface area contributed by atoms with Crippen LogP contribution in [0.1, 0.15) is 24.8 Å². The van der Waals surface area contributed by atoms with E-state index < -0.39 is 5.60 Å². The number of thiazole rings is 1. The molecule has 0 saturated carbocycles. The molecule has 1 saturated heterocycles. The summed E-state index contributed by atoms with van der Waals surface area (Å²) in [7, 11) is 0. The van der Waals surface area contributed by atoms with Crippen LogP contribution < -0.4 is 10.6 Å².